The monoisotopic (exact) mass is 376 g/mol. The fourth-order valence-electron chi connectivity index (χ4n) is 1.99. The van der Waals surface area contributed by atoms with Crippen molar-refractivity contribution in [2.24, 2.45) is 0 Å². The van der Waals surface area contributed by atoms with Gasteiger partial charge in [0.2, 0.25) is 11.8 Å². The number of rotatable bonds is 7. The van der Waals surface area contributed by atoms with Crippen LogP contribution in [-0.2, 0) is 22.6 Å². The first-order chi connectivity index (χ1) is 11.1. The molecular formula is C16H17BrN4O2. The van der Waals surface area contributed by atoms with Gasteiger partial charge in [-0.15, -0.1) is 0 Å². The normalized spacial score (nSPS) is 10.1. The van der Waals surface area contributed by atoms with E-state index in [0.29, 0.717) is 18.8 Å². The molecule has 2 N–H and O–H groups in total. The van der Waals surface area contributed by atoms with Gasteiger partial charge >= 0.3 is 0 Å². The summed E-state index contributed by atoms with van der Waals surface area (Å²) in [6.07, 6.45) is 4.92. The van der Waals surface area contributed by atoms with E-state index in [1.165, 1.54) is 6.08 Å². The molecule has 0 radical (unpaired) electrons. The van der Waals surface area contributed by atoms with Crippen LogP contribution in [0, 0.1) is 0 Å². The molecule has 1 aromatic heterocycles. The summed E-state index contributed by atoms with van der Waals surface area (Å²) < 4.78 is 2.64. The minimum atomic E-state index is -0.304. The molecule has 120 valence electrons. The molecule has 0 aliphatic heterocycles. The lowest BCUT2D eigenvalue weighted by Crippen LogP contribution is -2.29. The van der Waals surface area contributed by atoms with Crippen LogP contribution in [0.25, 0.3) is 0 Å². The van der Waals surface area contributed by atoms with Crippen molar-refractivity contribution in [1.82, 2.24) is 15.1 Å². The zero-order valence-corrected chi connectivity index (χ0v) is 14.0. The zero-order chi connectivity index (χ0) is 16.7. The number of halogens is 1. The average Bonchev–Trinajstić information content (AvgIpc) is 2.94. The summed E-state index contributed by atoms with van der Waals surface area (Å²) >= 11 is 3.32. The van der Waals surface area contributed by atoms with E-state index in [9.17, 15) is 9.59 Å². The Kier molecular flexibility index (Phi) is 6.10. The molecule has 0 aliphatic rings. The fraction of sp³-hybridized carbons (Fsp3) is 0.188. The SMILES string of the molecule is C=CC(=O)Nc1ccccc1CC(=O)NCCn1cc(Br)cn1. The smallest absolute Gasteiger partial charge is 0.247 e. The maximum atomic E-state index is 12.0. The van der Waals surface area contributed by atoms with Gasteiger partial charge in [0.05, 0.1) is 23.6 Å². The van der Waals surface area contributed by atoms with Crippen LogP contribution in [0.2, 0.25) is 0 Å². The summed E-state index contributed by atoms with van der Waals surface area (Å²) in [4.78, 5) is 23.4. The maximum absolute atomic E-state index is 12.0. The Labute approximate surface area is 142 Å². The quantitative estimate of drug-likeness (QED) is 0.726. The lowest BCUT2D eigenvalue weighted by atomic mass is 10.1. The second-order valence-electron chi connectivity index (χ2n) is 4.80. The van der Waals surface area contributed by atoms with Crippen molar-refractivity contribution in [2.45, 2.75) is 13.0 Å². The molecule has 0 spiro atoms. The number of hydrogen-bond donors (Lipinski definition) is 2. The Bertz CT molecular complexity index is 712. The number of nitrogens with one attached hydrogen (secondary N) is 2. The van der Waals surface area contributed by atoms with Crippen LogP contribution < -0.4 is 10.6 Å². The van der Waals surface area contributed by atoms with Gasteiger partial charge in [0.1, 0.15) is 0 Å². The van der Waals surface area contributed by atoms with Crippen molar-refractivity contribution in [3.8, 4) is 0 Å². The van der Waals surface area contributed by atoms with E-state index in [4.69, 9.17) is 0 Å². The molecule has 0 aliphatic carbocycles. The number of hydrogen-bond acceptors (Lipinski definition) is 3. The Morgan fingerprint density at radius 2 is 2.13 bits per heavy atom. The summed E-state index contributed by atoms with van der Waals surface area (Å²) in [6.45, 7) is 4.49. The van der Waals surface area contributed by atoms with Crippen LogP contribution in [0.1, 0.15) is 5.56 Å². The standard InChI is InChI=1S/C16H17BrN4O2/c1-2-15(22)20-14-6-4-3-5-12(14)9-16(23)18-7-8-21-11-13(17)10-19-21/h2-6,10-11H,1,7-9H2,(H,18,23)(H,20,22). The molecule has 0 unspecified atom stereocenters. The highest BCUT2D eigenvalue weighted by Gasteiger charge is 2.09. The highest BCUT2D eigenvalue weighted by atomic mass is 79.9. The first-order valence-electron chi connectivity index (χ1n) is 7.04. The zero-order valence-electron chi connectivity index (χ0n) is 12.5. The third kappa shape index (κ3) is 5.37. The average molecular weight is 377 g/mol. The van der Waals surface area contributed by atoms with E-state index in [2.05, 4.69) is 38.2 Å². The van der Waals surface area contributed by atoms with E-state index >= 15 is 0 Å². The van der Waals surface area contributed by atoms with Gasteiger partial charge in [-0.2, -0.15) is 5.10 Å². The number of carbonyl (C=O) groups excluding carboxylic acids is 2. The van der Waals surface area contributed by atoms with Gasteiger partial charge in [0.15, 0.2) is 0 Å². The number of anilines is 1. The van der Waals surface area contributed by atoms with Crippen LogP contribution in [0.3, 0.4) is 0 Å². The number of benzene rings is 1. The van der Waals surface area contributed by atoms with Crippen molar-refractivity contribution in [2.75, 3.05) is 11.9 Å². The van der Waals surface area contributed by atoms with Crippen LogP contribution in [0.4, 0.5) is 5.69 Å². The Morgan fingerprint density at radius 1 is 1.35 bits per heavy atom. The first kappa shape index (κ1) is 17.0. The molecule has 0 atom stereocenters. The molecule has 23 heavy (non-hydrogen) atoms. The van der Waals surface area contributed by atoms with E-state index in [-0.39, 0.29) is 18.2 Å². The molecule has 7 heteroatoms. The van der Waals surface area contributed by atoms with E-state index in [1.54, 1.807) is 23.0 Å². The van der Waals surface area contributed by atoms with Crippen molar-refractivity contribution >= 4 is 33.4 Å². The van der Waals surface area contributed by atoms with Gasteiger partial charge in [0.25, 0.3) is 0 Å². The molecule has 2 rings (SSSR count). The summed E-state index contributed by atoms with van der Waals surface area (Å²) in [5.74, 6) is -0.418. The Balaban J connectivity index is 1.87. The van der Waals surface area contributed by atoms with Gasteiger partial charge in [0, 0.05) is 18.4 Å². The lowest BCUT2D eigenvalue weighted by Gasteiger charge is -2.10. The minimum absolute atomic E-state index is 0.114. The fourth-order valence-corrected chi connectivity index (χ4v) is 2.31. The molecule has 0 fully saturated rings. The van der Waals surface area contributed by atoms with Crippen molar-refractivity contribution < 1.29 is 9.59 Å². The first-order valence-corrected chi connectivity index (χ1v) is 7.84. The molecule has 0 saturated carbocycles. The number of aromatic nitrogens is 2. The molecule has 0 bridgehead atoms. The highest BCUT2D eigenvalue weighted by molar-refractivity contribution is 9.10. The molecule has 2 amide bonds. The van der Waals surface area contributed by atoms with E-state index < -0.39 is 0 Å². The Morgan fingerprint density at radius 3 is 2.83 bits per heavy atom. The summed E-state index contributed by atoms with van der Waals surface area (Å²) in [5, 5.41) is 9.64. The molecule has 0 saturated heterocycles. The van der Waals surface area contributed by atoms with Crippen LogP contribution in [0.15, 0.2) is 53.8 Å². The second-order valence-corrected chi connectivity index (χ2v) is 5.71. The topological polar surface area (TPSA) is 76.0 Å². The summed E-state index contributed by atoms with van der Waals surface area (Å²) in [5.41, 5.74) is 1.37. The van der Waals surface area contributed by atoms with Gasteiger partial charge in [-0.05, 0) is 33.6 Å². The maximum Gasteiger partial charge on any atom is 0.247 e. The summed E-state index contributed by atoms with van der Waals surface area (Å²) in [6, 6.07) is 7.19. The predicted octanol–water partition coefficient (Wildman–Crippen LogP) is 2.13. The molecule has 1 aromatic carbocycles. The minimum Gasteiger partial charge on any atom is -0.354 e. The number of carbonyl (C=O) groups is 2. The van der Waals surface area contributed by atoms with Crippen LogP contribution in [-0.4, -0.2) is 28.1 Å². The Hall–Kier alpha value is -2.41. The number of nitrogens with zero attached hydrogens (tertiary/aromatic N) is 2. The third-order valence-electron chi connectivity index (χ3n) is 3.08. The van der Waals surface area contributed by atoms with E-state index in [1.807, 2.05) is 18.3 Å². The lowest BCUT2D eigenvalue weighted by molar-refractivity contribution is -0.120. The molecule has 6 nitrogen and oxygen atoms in total. The molecule has 2 aromatic rings. The molecular weight excluding hydrogens is 360 g/mol. The number of para-hydroxylation sites is 1. The van der Waals surface area contributed by atoms with Crippen LogP contribution in [0.5, 0.6) is 0 Å². The molecule has 1 heterocycles. The van der Waals surface area contributed by atoms with Crippen molar-refractivity contribution in [1.29, 1.82) is 0 Å². The highest BCUT2D eigenvalue weighted by Crippen LogP contribution is 2.15. The largest absolute Gasteiger partial charge is 0.354 e. The van der Waals surface area contributed by atoms with Gasteiger partial charge in [-0.1, -0.05) is 24.8 Å². The summed E-state index contributed by atoms with van der Waals surface area (Å²) in [7, 11) is 0. The second kappa shape index (κ2) is 8.28. The van der Waals surface area contributed by atoms with Crippen molar-refractivity contribution in [3.05, 3.63) is 59.4 Å². The van der Waals surface area contributed by atoms with Gasteiger partial charge < -0.3 is 10.6 Å². The predicted molar refractivity (Wildman–Crippen MR) is 91.9 cm³/mol. The van der Waals surface area contributed by atoms with E-state index in [0.717, 1.165) is 10.0 Å². The number of amides is 2. The van der Waals surface area contributed by atoms with Crippen LogP contribution >= 0.6 is 15.9 Å². The third-order valence-corrected chi connectivity index (χ3v) is 3.49. The van der Waals surface area contributed by atoms with Gasteiger partial charge in [-0.25, -0.2) is 0 Å². The van der Waals surface area contributed by atoms with Crippen molar-refractivity contribution in [3.63, 3.8) is 0 Å². The van der Waals surface area contributed by atoms with Gasteiger partial charge in [-0.3, -0.25) is 14.3 Å².